The fourth-order valence-electron chi connectivity index (χ4n) is 3.28. The first kappa shape index (κ1) is 19.7. The number of rotatable bonds is 5. The number of benzene rings is 1. The average Bonchev–Trinajstić information content (AvgIpc) is 2.96. The summed E-state index contributed by atoms with van der Waals surface area (Å²) in [6, 6.07) is 9.27. The number of halogens is 1. The van der Waals surface area contributed by atoms with Crippen LogP contribution >= 0.6 is 27.7 Å². The second kappa shape index (κ2) is 7.90. The maximum atomic E-state index is 13.4. The lowest BCUT2D eigenvalue weighted by molar-refractivity contribution is 0.0514. The van der Waals surface area contributed by atoms with Crippen molar-refractivity contribution in [3.05, 3.63) is 68.9 Å². The van der Waals surface area contributed by atoms with E-state index in [0.29, 0.717) is 21.7 Å². The quantitative estimate of drug-likeness (QED) is 0.297. The van der Waals surface area contributed by atoms with Gasteiger partial charge in [-0.05, 0) is 62.4 Å². The standard InChI is InChI=1S/C21H20BrNO3S/c1-5-26-21(25)18-20(27-4)16(17-13(3)10-12(2)11-23(17)18)19(24)14-6-8-15(22)9-7-14/h6-11H,5H2,1-4H3. The molecule has 0 N–H and O–H groups in total. The molecule has 3 rings (SSSR count). The van der Waals surface area contributed by atoms with Crippen LogP contribution in [0.4, 0.5) is 0 Å². The van der Waals surface area contributed by atoms with Crippen molar-refractivity contribution in [2.45, 2.75) is 25.7 Å². The topological polar surface area (TPSA) is 47.8 Å². The highest BCUT2D eigenvalue weighted by Gasteiger charge is 2.29. The van der Waals surface area contributed by atoms with Gasteiger partial charge in [-0.2, -0.15) is 0 Å². The van der Waals surface area contributed by atoms with Gasteiger partial charge in [0.25, 0.3) is 0 Å². The molecule has 0 amide bonds. The molecular weight excluding hydrogens is 426 g/mol. The molecule has 4 nitrogen and oxygen atoms in total. The Bertz CT molecular complexity index is 1040. The highest BCUT2D eigenvalue weighted by molar-refractivity contribution is 9.10. The third-order valence-corrected chi connectivity index (χ3v) is 5.65. The van der Waals surface area contributed by atoms with Gasteiger partial charge in [-0.15, -0.1) is 11.8 Å². The van der Waals surface area contributed by atoms with Gasteiger partial charge in [0.1, 0.15) is 5.69 Å². The molecule has 2 aromatic heterocycles. The largest absolute Gasteiger partial charge is 0.461 e. The van der Waals surface area contributed by atoms with Crippen LogP contribution in [0.15, 0.2) is 45.9 Å². The minimum atomic E-state index is -0.420. The first-order valence-corrected chi connectivity index (χ1v) is 10.6. The van der Waals surface area contributed by atoms with Crippen LogP contribution in [0.1, 0.15) is 44.5 Å². The van der Waals surface area contributed by atoms with E-state index in [4.69, 9.17) is 4.74 Å². The van der Waals surface area contributed by atoms with Crippen molar-refractivity contribution in [1.82, 2.24) is 4.40 Å². The van der Waals surface area contributed by atoms with Crippen LogP contribution in [0.2, 0.25) is 0 Å². The lowest BCUT2D eigenvalue weighted by Crippen LogP contribution is -2.09. The van der Waals surface area contributed by atoms with Crippen LogP contribution in [0.5, 0.6) is 0 Å². The smallest absolute Gasteiger partial charge is 0.356 e. The van der Waals surface area contributed by atoms with Gasteiger partial charge in [0.15, 0.2) is 5.78 Å². The van der Waals surface area contributed by atoms with Gasteiger partial charge in [0.05, 0.1) is 22.6 Å². The van der Waals surface area contributed by atoms with E-state index in [-0.39, 0.29) is 12.4 Å². The van der Waals surface area contributed by atoms with Crippen molar-refractivity contribution in [2.75, 3.05) is 12.9 Å². The SMILES string of the molecule is CCOC(=O)c1c(SC)c(C(=O)c2ccc(Br)cc2)c2c(C)cc(C)cn12. The molecule has 0 radical (unpaired) electrons. The van der Waals surface area contributed by atoms with Gasteiger partial charge in [-0.25, -0.2) is 4.79 Å². The number of pyridine rings is 1. The first-order valence-electron chi connectivity index (χ1n) is 8.55. The Hall–Kier alpha value is -2.05. The van der Waals surface area contributed by atoms with Crippen LogP contribution < -0.4 is 0 Å². The van der Waals surface area contributed by atoms with Crippen LogP contribution in [0.25, 0.3) is 5.52 Å². The van der Waals surface area contributed by atoms with Gasteiger partial charge in [0.2, 0.25) is 0 Å². The number of thioether (sulfide) groups is 1. The number of ether oxygens (including phenoxy) is 1. The van der Waals surface area contributed by atoms with Crippen LogP contribution in [0, 0.1) is 13.8 Å². The summed E-state index contributed by atoms with van der Waals surface area (Å²) in [4.78, 5) is 26.7. The molecule has 27 heavy (non-hydrogen) atoms. The van der Waals surface area contributed by atoms with Crippen molar-refractivity contribution in [3.8, 4) is 0 Å². The summed E-state index contributed by atoms with van der Waals surface area (Å²) in [5, 5.41) is 0. The first-order chi connectivity index (χ1) is 12.9. The molecule has 0 saturated heterocycles. The maximum Gasteiger partial charge on any atom is 0.356 e. The Balaban J connectivity index is 2.36. The maximum absolute atomic E-state index is 13.4. The Kier molecular flexibility index (Phi) is 5.77. The van der Waals surface area contributed by atoms with E-state index in [1.165, 1.54) is 11.8 Å². The number of nitrogens with zero attached hydrogens (tertiary/aromatic N) is 1. The second-order valence-electron chi connectivity index (χ2n) is 6.23. The van der Waals surface area contributed by atoms with Gasteiger partial charge in [0, 0.05) is 16.2 Å². The summed E-state index contributed by atoms with van der Waals surface area (Å²) in [6.07, 6.45) is 3.75. The highest BCUT2D eigenvalue weighted by Crippen LogP contribution is 2.35. The normalized spacial score (nSPS) is 11.0. The molecular formula is C21H20BrNO3S. The zero-order valence-electron chi connectivity index (χ0n) is 15.6. The van der Waals surface area contributed by atoms with Crippen molar-refractivity contribution in [1.29, 1.82) is 0 Å². The number of carbonyl (C=O) groups is 2. The number of fused-ring (bicyclic) bond motifs is 1. The van der Waals surface area contributed by atoms with Crippen molar-refractivity contribution in [2.24, 2.45) is 0 Å². The average molecular weight is 446 g/mol. The molecule has 0 atom stereocenters. The molecule has 0 aliphatic carbocycles. The fraction of sp³-hybridized carbons (Fsp3) is 0.238. The number of carbonyl (C=O) groups excluding carboxylic acids is 2. The minimum Gasteiger partial charge on any atom is -0.461 e. The van der Waals surface area contributed by atoms with E-state index in [2.05, 4.69) is 15.9 Å². The third-order valence-electron chi connectivity index (χ3n) is 4.32. The molecule has 0 spiro atoms. The molecule has 0 fully saturated rings. The predicted octanol–water partition coefficient (Wildman–Crippen LogP) is 5.45. The summed E-state index contributed by atoms with van der Waals surface area (Å²) in [6.45, 7) is 5.98. The third kappa shape index (κ3) is 3.56. The molecule has 1 aromatic carbocycles. The Morgan fingerprint density at radius 2 is 1.85 bits per heavy atom. The number of aromatic nitrogens is 1. The minimum absolute atomic E-state index is 0.105. The Morgan fingerprint density at radius 3 is 2.44 bits per heavy atom. The monoisotopic (exact) mass is 445 g/mol. The lowest BCUT2D eigenvalue weighted by Gasteiger charge is -2.07. The van der Waals surface area contributed by atoms with Crippen molar-refractivity contribution < 1.29 is 14.3 Å². The summed E-state index contributed by atoms with van der Waals surface area (Å²) in [7, 11) is 0. The molecule has 0 unspecified atom stereocenters. The second-order valence-corrected chi connectivity index (χ2v) is 7.96. The van der Waals surface area contributed by atoms with Gasteiger partial charge in [-0.3, -0.25) is 4.79 Å². The van der Waals surface area contributed by atoms with E-state index >= 15 is 0 Å². The van der Waals surface area contributed by atoms with Gasteiger partial charge < -0.3 is 9.14 Å². The molecule has 0 saturated carbocycles. The molecule has 6 heteroatoms. The van der Waals surface area contributed by atoms with Crippen molar-refractivity contribution in [3.63, 3.8) is 0 Å². The van der Waals surface area contributed by atoms with Crippen LogP contribution in [-0.4, -0.2) is 29.0 Å². The Morgan fingerprint density at radius 1 is 1.19 bits per heavy atom. The fourth-order valence-corrected chi connectivity index (χ4v) is 4.31. The number of esters is 1. The molecule has 140 valence electrons. The number of ketones is 1. The van der Waals surface area contributed by atoms with E-state index in [1.54, 1.807) is 23.5 Å². The molecule has 3 aromatic rings. The number of aryl methyl sites for hydroxylation is 2. The van der Waals surface area contributed by atoms with E-state index < -0.39 is 5.97 Å². The zero-order valence-corrected chi connectivity index (χ0v) is 18.0. The number of hydrogen-bond donors (Lipinski definition) is 0. The van der Waals surface area contributed by atoms with E-state index in [9.17, 15) is 9.59 Å². The predicted molar refractivity (Wildman–Crippen MR) is 112 cm³/mol. The molecule has 0 aliphatic rings. The van der Waals surface area contributed by atoms with E-state index in [0.717, 1.165) is 21.1 Å². The van der Waals surface area contributed by atoms with Crippen molar-refractivity contribution >= 4 is 45.0 Å². The lowest BCUT2D eigenvalue weighted by atomic mass is 10.0. The Labute approximate surface area is 171 Å². The molecule has 2 heterocycles. The van der Waals surface area contributed by atoms with Gasteiger partial charge >= 0.3 is 5.97 Å². The summed E-state index contributed by atoms with van der Waals surface area (Å²) < 4.78 is 8.00. The highest BCUT2D eigenvalue weighted by atomic mass is 79.9. The number of hydrogen-bond acceptors (Lipinski definition) is 4. The van der Waals surface area contributed by atoms with Crippen LogP contribution in [-0.2, 0) is 4.74 Å². The summed E-state index contributed by atoms with van der Waals surface area (Å²) >= 11 is 4.79. The molecule has 0 aliphatic heterocycles. The van der Waals surface area contributed by atoms with E-state index in [1.807, 2.05) is 44.5 Å². The van der Waals surface area contributed by atoms with Crippen LogP contribution in [0.3, 0.4) is 0 Å². The van der Waals surface area contributed by atoms with Gasteiger partial charge in [-0.1, -0.05) is 22.0 Å². The molecule has 0 bridgehead atoms. The zero-order chi connectivity index (χ0) is 19.7. The summed E-state index contributed by atoms with van der Waals surface area (Å²) in [5.41, 5.74) is 4.24. The summed E-state index contributed by atoms with van der Waals surface area (Å²) in [5.74, 6) is -0.524.